The van der Waals surface area contributed by atoms with Gasteiger partial charge in [0.1, 0.15) is 12.6 Å². The Labute approximate surface area is 262 Å². The molecule has 6 rings (SSSR count). The first-order valence-electron chi connectivity index (χ1n) is 14.6. The summed E-state index contributed by atoms with van der Waals surface area (Å²) in [6, 6.07) is 20.6. The highest BCUT2D eigenvalue weighted by Crippen LogP contribution is 2.36. The number of hydrogen-bond acceptors (Lipinski definition) is 7. The Morgan fingerprint density at radius 2 is 1.75 bits per heavy atom. The summed E-state index contributed by atoms with van der Waals surface area (Å²) in [7, 11) is 0. The number of aromatic nitrogens is 2. The van der Waals surface area contributed by atoms with E-state index >= 15 is 0 Å². The second-order valence-corrected chi connectivity index (χ2v) is 12.2. The molecule has 8 nitrogen and oxygen atoms in total. The lowest BCUT2D eigenvalue weighted by Gasteiger charge is -2.24. The molecule has 4 heterocycles. The molecule has 2 aromatic carbocycles. The molecule has 1 aliphatic heterocycles. The van der Waals surface area contributed by atoms with Crippen LogP contribution < -0.4 is 14.9 Å². The van der Waals surface area contributed by atoms with Gasteiger partial charge in [0.05, 0.1) is 22.4 Å². The predicted molar refractivity (Wildman–Crippen MR) is 175 cm³/mol. The molecule has 1 atom stereocenters. The highest BCUT2D eigenvalue weighted by atomic mass is 32.1. The number of para-hydroxylation sites is 1. The summed E-state index contributed by atoms with van der Waals surface area (Å²) in [5.74, 6) is -0.457. The molecule has 0 spiro atoms. The van der Waals surface area contributed by atoms with Crippen LogP contribution in [0.25, 0.3) is 22.7 Å². The number of ether oxygens (including phenoxy) is 1. The fourth-order valence-electron chi connectivity index (χ4n) is 5.64. The summed E-state index contributed by atoms with van der Waals surface area (Å²) >= 11 is 2.77. The molecule has 0 N–H and O–H groups in total. The number of carbonyl (C=O) groups is 2. The standard InChI is InChI=1S/C34H32N4O4S2/c1-4-36(5-2)28(39)21-37-20-23(24-15-10-11-16-25(24)37)19-27-32(40)38-31(26-17-12-18-43-26)29(33(41)42-6-3)30(35-34(38)44-27)22-13-8-7-9-14-22/h7-20,31H,4-6,21H2,1-3H3/b27-19-. The van der Waals surface area contributed by atoms with E-state index in [4.69, 9.17) is 9.73 Å². The van der Waals surface area contributed by atoms with E-state index in [1.165, 1.54) is 22.7 Å². The van der Waals surface area contributed by atoms with Crippen LogP contribution in [0.2, 0.25) is 0 Å². The maximum Gasteiger partial charge on any atom is 0.338 e. The third-order valence-corrected chi connectivity index (χ3v) is 9.62. The van der Waals surface area contributed by atoms with Gasteiger partial charge in [-0.15, -0.1) is 11.3 Å². The fraction of sp³-hybridized carbons (Fsp3) is 0.235. The molecule has 10 heteroatoms. The summed E-state index contributed by atoms with van der Waals surface area (Å²) in [6.07, 6.45) is 3.80. The average molecular weight is 625 g/mol. The molecule has 1 aliphatic rings. The number of esters is 1. The zero-order valence-electron chi connectivity index (χ0n) is 24.7. The summed E-state index contributed by atoms with van der Waals surface area (Å²) < 4.78 is 9.57. The lowest BCUT2D eigenvalue weighted by atomic mass is 9.97. The van der Waals surface area contributed by atoms with Crippen molar-refractivity contribution in [3.05, 3.63) is 120 Å². The van der Waals surface area contributed by atoms with Crippen molar-refractivity contribution in [1.82, 2.24) is 14.0 Å². The number of rotatable bonds is 9. The molecule has 224 valence electrons. The molecule has 0 aliphatic carbocycles. The van der Waals surface area contributed by atoms with Gasteiger partial charge in [-0.3, -0.25) is 14.2 Å². The zero-order valence-corrected chi connectivity index (χ0v) is 26.4. The van der Waals surface area contributed by atoms with Crippen LogP contribution in [0.1, 0.15) is 42.8 Å². The van der Waals surface area contributed by atoms with E-state index in [-0.39, 0.29) is 24.6 Å². The van der Waals surface area contributed by atoms with E-state index in [9.17, 15) is 14.4 Å². The third kappa shape index (κ3) is 5.35. The molecule has 1 unspecified atom stereocenters. The van der Waals surface area contributed by atoms with Crippen molar-refractivity contribution in [3.8, 4) is 0 Å². The van der Waals surface area contributed by atoms with Crippen LogP contribution in [0.5, 0.6) is 0 Å². The molecule has 5 aromatic rings. The van der Waals surface area contributed by atoms with Crippen molar-refractivity contribution in [3.63, 3.8) is 0 Å². The number of amides is 1. The second-order valence-electron chi connectivity index (χ2n) is 10.2. The summed E-state index contributed by atoms with van der Waals surface area (Å²) in [4.78, 5) is 48.8. The Morgan fingerprint density at radius 1 is 1.00 bits per heavy atom. The van der Waals surface area contributed by atoms with Crippen molar-refractivity contribution in [2.24, 2.45) is 4.99 Å². The molecule has 44 heavy (non-hydrogen) atoms. The van der Waals surface area contributed by atoms with Crippen molar-refractivity contribution in [1.29, 1.82) is 0 Å². The number of carbonyl (C=O) groups excluding carboxylic acids is 2. The lowest BCUT2D eigenvalue weighted by molar-refractivity contribution is -0.139. The molecule has 3 aromatic heterocycles. The number of fused-ring (bicyclic) bond motifs is 2. The van der Waals surface area contributed by atoms with E-state index < -0.39 is 12.0 Å². The van der Waals surface area contributed by atoms with E-state index in [1.807, 2.05) is 108 Å². The smallest absolute Gasteiger partial charge is 0.338 e. The first-order valence-corrected chi connectivity index (χ1v) is 16.3. The normalized spacial score (nSPS) is 14.9. The minimum absolute atomic E-state index is 0.0394. The minimum atomic E-state index is -0.685. The Hall–Kier alpha value is -4.54. The average Bonchev–Trinajstić information content (AvgIpc) is 3.77. The number of thiazole rings is 1. The summed E-state index contributed by atoms with van der Waals surface area (Å²) in [6.45, 7) is 7.41. The molecule has 0 saturated heterocycles. The largest absolute Gasteiger partial charge is 0.463 e. The monoisotopic (exact) mass is 624 g/mol. The first kappa shape index (κ1) is 29.5. The molecule has 0 bridgehead atoms. The van der Waals surface area contributed by atoms with Gasteiger partial charge in [-0.2, -0.15) is 0 Å². The topological polar surface area (TPSA) is 85.9 Å². The summed E-state index contributed by atoms with van der Waals surface area (Å²) in [5.41, 5.74) is 3.12. The van der Waals surface area contributed by atoms with Crippen LogP contribution in [0.4, 0.5) is 0 Å². The number of benzene rings is 2. The fourth-order valence-corrected chi connectivity index (χ4v) is 7.46. The number of hydrogen-bond donors (Lipinski definition) is 0. The maximum atomic E-state index is 14.2. The SMILES string of the molecule is CCOC(=O)C1=C(c2ccccc2)N=c2s/c(=C\c3cn(CC(=O)N(CC)CC)c4ccccc34)c(=O)n2C1c1cccs1. The van der Waals surface area contributed by atoms with Gasteiger partial charge >= 0.3 is 5.97 Å². The van der Waals surface area contributed by atoms with Gasteiger partial charge in [0, 0.05) is 46.2 Å². The Kier molecular flexibility index (Phi) is 8.45. The molecule has 0 saturated carbocycles. The van der Waals surface area contributed by atoms with Crippen LogP contribution in [0.15, 0.2) is 93.7 Å². The molecular weight excluding hydrogens is 593 g/mol. The van der Waals surface area contributed by atoms with Crippen molar-refractivity contribution >= 4 is 57.2 Å². The first-order chi connectivity index (χ1) is 21.4. The molecular formula is C34H32N4O4S2. The minimum Gasteiger partial charge on any atom is -0.463 e. The zero-order chi connectivity index (χ0) is 30.8. The third-order valence-electron chi connectivity index (χ3n) is 7.71. The van der Waals surface area contributed by atoms with Gasteiger partial charge in [0.25, 0.3) is 5.56 Å². The Balaban J connectivity index is 1.55. The number of nitrogens with zero attached hydrogens (tertiary/aromatic N) is 4. The maximum absolute atomic E-state index is 14.2. The van der Waals surface area contributed by atoms with Crippen LogP contribution in [0, 0.1) is 0 Å². The Morgan fingerprint density at radius 3 is 2.45 bits per heavy atom. The van der Waals surface area contributed by atoms with E-state index in [0.717, 1.165) is 26.9 Å². The predicted octanol–water partition coefficient (Wildman–Crippen LogP) is 4.82. The van der Waals surface area contributed by atoms with Crippen LogP contribution in [-0.4, -0.2) is 45.6 Å². The van der Waals surface area contributed by atoms with Crippen molar-refractivity contribution < 1.29 is 14.3 Å². The van der Waals surface area contributed by atoms with Gasteiger partial charge in [-0.1, -0.05) is 65.9 Å². The van der Waals surface area contributed by atoms with Crippen LogP contribution in [0.3, 0.4) is 0 Å². The number of likely N-dealkylation sites (N-methyl/N-ethyl adjacent to an activating group) is 1. The second kappa shape index (κ2) is 12.6. The van der Waals surface area contributed by atoms with Gasteiger partial charge in [0.2, 0.25) is 5.91 Å². The van der Waals surface area contributed by atoms with Gasteiger partial charge in [0.15, 0.2) is 4.80 Å². The van der Waals surface area contributed by atoms with Crippen LogP contribution >= 0.6 is 22.7 Å². The number of thiophene rings is 1. The van der Waals surface area contributed by atoms with E-state index in [0.29, 0.717) is 33.7 Å². The highest BCUT2D eigenvalue weighted by molar-refractivity contribution is 7.10. The van der Waals surface area contributed by atoms with E-state index in [2.05, 4.69) is 0 Å². The van der Waals surface area contributed by atoms with E-state index in [1.54, 1.807) is 11.5 Å². The van der Waals surface area contributed by atoms with Gasteiger partial charge in [-0.25, -0.2) is 9.79 Å². The highest BCUT2D eigenvalue weighted by Gasteiger charge is 2.35. The summed E-state index contributed by atoms with van der Waals surface area (Å²) in [5, 5.41) is 2.88. The molecule has 1 amide bonds. The van der Waals surface area contributed by atoms with Crippen LogP contribution in [-0.2, 0) is 20.9 Å². The van der Waals surface area contributed by atoms with Gasteiger partial charge < -0.3 is 14.2 Å². The molecule has 0 fully saturated rings. The van der Waals surface area contributed by atoms with Crippen molar-refractivity contribution in [2.75, 3.05) is 19.7 Å². The van der Waals surface area contributed by atoms with Gasteiger partial charge in [-0.05, 0) is 44.4 Å². The Bertz CT molecular complexity index is 2050. The quantitative estimate of drug-likeness (QED) is 0.220. The van der Waals surface area contributed by atoms with Crippen molar-refractivity contribution in [2.45, 2.75) is 33.4 Å². The molecule has 0 radical (unpaired) electrons. The lowest BCUT2D eigenvalue weighted by Crippen LogP contribution is -2.39.